The molecule has 0 bridgehead atoms. The minimum atomic E-state index is 0.709. The van der Waals surface area contributed by atoms with Gasteiger partial charge in [0, 0.05) is 10.8 Å². The van der Waals surface area contributed by atoms with Crippen LogP contribution in [0, 0.1) is 0 Å². The molecule has 0 saturated heterocycles. The Kier molecular flexibility index (Phi) is 6.48. The van der Waals surface area contributed by atoms with Gasteiger partial charge in [-0.1, -0.05) is 43.8 Å². The largest absolute Gasteiger partial charge is 0.157 e. The van der Waals surface area contributed by atoms with Crippen LogP contribution in [0.3, 0.4) is 0 Å². The SMILES string of the molecule is C=C/C(Cl)=C(\C=C)CSCC. The monoisotopic (exact) mass is 188 g/mol. The molecule has 0 aromatic carbocycles. The van der Waals surface area contributed by atoms with Crippen LogP contribution in [-0.2, 0) is 0 Å². The summed E-state index contributed by atoms with van der Waals surface area (Å²) < 4.78 is 0. The Morgan fingerprint density at radius 3 is 2.45 bits per heavy atom. The van der Waals surface area contributed by atoms with Crippen LogP contribution in [0.5, 0.6) is 0 Å². The van der Waals surface area contributed by atoms with E-state index in [4.69, 9.17) is 11.6 Å². The molecular formula is C9H13ClS. The van der Waals surface area contributed by atoms with Crippen LogP contribution in [-0.4, -0.2) is 11.5 Å². The van der Waals surface area contributed by atoms with Gasteiger partial charge in [-0.25, -0.2) is 0 Å². The quantitative estimate of drug-likeness (QED) is 0.595. The maximum absolute atomic E-state index is 5.84. The maximum Gasteiger partial charge on any atom is 0.0440 e. The van der Waals surface area contributed by atoms with Gasteiger partial charge < -0.3 is 0 Å². The molecule has 0 aromatic rings. The number of rotatable bonds is 5. The van der Waals surface area contributed by atoms with Crippen molar-refractivity contribution in [3.8, 4) is 0 Å². The van der Waals surface area contributed by atoms with Gasteiger partial charge in [0.25, 0.3) is 0 Å². The van der Waals surface area contributed by atoms with Crippen LogP contribution in [0.1, 0.15) is 6.92 Å². The van der Waals surface area contributed by atoms with Gasteiger partial charge >= 0.3 is 0 Å². The van der Waals surface area contributed by atoms with E-state index in [0.717, 1.165) is 17.1 Å². The summed E-state index contributed by atoms with van der Waals surface area (Å²) in [6.45, 7) is 9.39. The molecular weight excluding hydrogens is 176 g/mol. The number of halogens is 1. The summed E-state index contributed by atoms with van der Waals surface area (Å²) in [4.78, 5) is 0. The van der Waals surface area contributed by atoms with Crippen molar-refractivity contribution >= 4 is 23.4 Å². The fourth-order valence-electron chi connectivity index (χ4n) is 0.568. The van der Waals surface area contributed by atoms with E-state index in [1.165, 1.54) is 0 Å². The average Bonchev–Trinajstić information content (AvgIpc) is 2.05. The molecule has 0 heterocycles. The molecule has 0 aliphatic rings. The van der Waals surface area contributed by atoms with E-state index in [1.54, 1.807) is 12.2 Å². The molecule has 0 rings (SSSR count). The molecule has 0 N–H and O–H groups in total. The van der Waals surface area contributed by atoms with Crippen LogP contribution >= 0.6 is 23.4 Å². The molecule has 0 aliphatic heterocycles. The molecule has 0 aromatic heterocycles. The van der Waals surface area contributed by atoms with Crippen molar-refractivity contribution in [2.45, 2.75) is 6.92 Å². The van der Waals surface area contributed by atoms with Crippen LogP contribution in [0.25, 0.3) is 0 Å². The highest BCUT2D eigenvalue weighted by Gasteiger charge is 1.96. The van der Waals surface area contributed by atoms with Gasteiger partial charge in [0.05, 0.1) is 0 Å². The third-order valence-electron chi connectivity index (χ3n) is 1.19. The lowest BCUT2D eigenvalue weighted by atomic mass is 10.3. The normalized spacial score (nSPS) is 12.2. The third kappa shape index (κ3) is 4.33. The summed E-state index contributed by atoms with van der Waals surface area (Å²) in [6.07, 6.45) is 3.43. The third-order valence-corrected chi connectivity index (χ3v) is 2.51. The van der Waals surface area contributed by atoms with E-state index < -0.39 is 0 Å². The topological polar surface area (TPSA) is 0 Å². The summed E-state index contributed by atoms with van der Waals surface area (Å²) in [7, 11) is 0. The standard InChI is InChI=1S/C9H13ClS/c1-4-8(7-11-6-3)9(10)5-2/h4-5H,1-2,6-7H2,3H3/b9-8-. The lowest BCUT2D eigenvalue weighted by molar-refractivity contribution is 1.48. The molecule has 0 spiro atoms. The Bertz CT molecular complexity index is 170. The van der Waals surface area contributed by atoms with Gasteiger partial charge in [-0.05, 0) is 11.3 Å². The first-order chi connectivity index (χ1) is 5.26. The summed E-state index contributed by atoms with van der Waals surface area (Å²) in [6, 6.07) is 0. The van der Waals surface area contributed by atoms with Crippen LogP contribution in [0.2, 0.25) is 0 Å². The fourth-order valence-corrected chi connectivity index (χ4v) is 1.49. The van der Waals surface area contributed by atoms with Crippen LogP contribution in [0.4, 0.5) is 0 Å². The van der Waals surface area contributed by atoms with E-state index in [9.17, 15) is 0 Å². The van der Waals surface area contributed by atoms with Crippen LogP contribution in [0.15, 0.2) is 35.9 Å². The molecule has 0 fully saturated rings. The van der Waals surface area contributed by atoms with E-state index in [1.807, 2.05) is 11.8 Å². The molecule has 11 heavy (non-hydrogen) atoms. The van der Waals surface area contributed by atoms with Crippen molar-refractivity contribution < 1.29 is 0 Å². The van der Waals surface area contributed by atoms with E-state index in [0.29, 0.717) is 5.03 Å². The number of hydrogen-bond donors (Lipinski definition) is 0. The van der Waals surface area contributed by atoms with Gasteiger partial charge in [-0.15, -0.1) is 0 Å². The molecule has 0 radical (unpaired) electrons. The fraction of sp³-hybridized carbons (Fsp3) is 0.333. The predicted octanol–water partition coefficient (Wildman–Crippen LogP) is 3.60. The van der Waals surface area contributed by atoms with Gasteiger partial charge in [0.15, 0.2) is 0 Å². The zero-order valence-corrected chi connectivity index (χ0v) is 8.34. The van der Waals surface area contributed by atoms with Gasteiger partial charge in [0.2, 0.25) is 0 Å². The number of hydrogen-bond acceptors (Lipinski definition) is 1. The molecule has 0 nitrogen and oxygen atoms in total. The first kappa shape index (κ1) is 10.9. The highest BCUT2D eigenvalue weighted by atomic mass is 35.5. The highest BCUT2D eigenvalue weighted by molar-refractivity contribution is 7.99. The minimum absolute atomic E-state index is 0.709. The van der Waals surface area contributed by atoms with E-state index >= 15 is 0 Å². The highest BCUT2D eigenvalue weighted by Crippen LogP contribution is 2.16. The molecule has 0 unspecified atom stereocenters. The average molecular weight is 189 g/mol. The van der Waals surface area contributed by atoms with Crippen LogP contribution < -0.4 is 0 Å². The maximum atomic E-state index is 5.84. The van der Waals surface area contributed by atoms with Crippen molar-refractivity contribution in [3.63, 3.8) is 0 Å². The Hall–Kier alpha value is -0.140. The first-order valence-corrected chi connectivity index (χ1v) is 5.00. The first-order valence-electron chi connectivity index (χ1n) is 3.47. The summed E-state index contributed by atoms with van der Waals surface area (Å²) >= 11 is 7.67. The molecule has 0 saturated carbocycles. The summed E-state index contributed by atoms with van der Waals surface area (Å²) in [5.74, 6) is 2.02. The Morgan fingerprint density at radius 2 is 2.09 bits per heavy atom. The van der Waals surface area contributed by atoms with Crippen molar-refractivity contribution in [2.75, 3.05) is 11.5 Å². The van der Waals surface area contributed by atoms with Crippen molar-refractivity contribution in [1.82, 2.24) is 0 Å². The summed E-state index contributed by atoms with van der Waals surface area (Å²) in [5.41, 5.74) is 1.06. The second-order valence-corrected chi connectivity index (χ2v) is 3.60. The second-order valence-electron chi connectivity index (χ2n) is 1.92. The van der Waals surface area contributed by atoms with Gasteiger partial charge in [-0.2, -0.15) is 11.8 Å². The second kappa shape index (κ2) is 6.56. The Balaban J connectivity index is 4.14. The Labute approximate surface area is 78.0 Å². The number of thioether (sulfide) groups is 1. The zero-order chi connectivity index (χ0) is 8.69. The lowest BCUT2D eigenvalue weighted by Gasteiger charge is -2.00. The zero-order valence-electron chi connectivity index (χ0n) is 6.77. The molecule has 0 atom stereocenters. The minimum Gasteiger partial charge on any atom is -0.157 e. The molecule has 0 aliphatic carbocycles. The van der Waals surface area contributed by atoms with Gasteiger partial charge in [-0.3, -0.25) is 0 Å². The molecule has 2 heteroatoms. The summed E-state index contributed by atoms with van der Waals surface area (Å²) in [5, 5.41) is 0.709. The van der Waals surface area contributed by atoms with E-state index in [2.05, 4.69) is 20.1 Å². The van der Waals surface area contributed by atoms with Gasteiger partial charge in [0.1, 0.15) is 0 Å². The molecule has 62 valence electrons. The number of allylic oxidation sites excluding steroid dienone is 3. The van der Waals surface area contributed by atoms with Crippen molar-refractivity contribution in [1.29, 1.82) is 0 Å². The van der Waals surface area contributed by atoms with Crippen molar-refractivity contribution in [3.05, 3.63) is 35.9 Å². The lowest BCUT2D eigenvalue weighted by Crippen LogP contribution is -1.85. The van der Waals surface area contributed by atoms with E-state index in [-0.39, 0.29) is 0 Å². The van der Waals surface area contributed by atoms with Crippen molar-refractivity contribution in [2.24, 2.45) is 0 Å². The molecule has 0 amide bonds. The predicted molar refractivity (Wildman–Crippen MR) is 56.3 cm³/mol. The smallest absolute Gasteiger partial charge is 0.0440 e. The Morgan fingerprint density at radius 1 is 1.45 bits per heavy atom.